The number of hydrogen-bond donors (Lipinski definition) is 2. The largest absolute Gasteiger partial charge is 0.481 e. The van der Waals surface area contributed by atoms with Crippen molar-refractivity contribution in [3.63, 3.8) is 0 Å². The third-order valence-corrected chi connectivity index (χ3v) is 4.00. The van der Waals surface area contributed by atoms with Gasteiger partial charge in [0, 0.05) is 24.3 Å². The highest BCUT2D eigenvalue weighted by Crippen LogP contribution is 2.21. The van der Waals surface area contributed by atoms with Crippen molar-refractivity contribution < 1.29 is 14.7 Å². The summed E-state index contributed by atoms with van der Waals surface area (Å²) in [4.78, 5) is 35.3. The van der Waals surface area contributed by atoms with E-state index < -0.39 is 11.4 Å². The fourth-order valence-electron chi connectivity index (χ4n) is 1.59. The first-order chi connectivity index (χ1) is 10.4. The molecule has 0 aromatic carbocycles. The lowest BCUT2D eigenvalue weighted by atomic mass is 9.90. The number of amides is 1. The van der Waals surface area contributed by atoms with E-state index in [2.05, 4.69) is 20.3 Å². The van der Waals surface area contributed by atoms with Gasteiger partial charge >= 0.3 is 5.97 Å². The quantitative estimate of drug-likeness (QED) is 0.841. The summed E-state index contributed by atoms with van der Waals surface area (Å²) in [6, 6.07) is 0. The van der Waals surface area contributed by atoms with Crippen LogP contribution in [0.15, 0.2) is 24.0 Å². The third-order valence-electron chi connectivity index (χ3n) is 3.13. The molecule has 0 saturated heterocycles. The number of hydrogen-bond acceptors (Lipinski definition) is 6. The molecular weight excluding hydrogens is 304 g/mol. The first-order valence-electron chi connectivity index (χ1n) is 6.63. The molecule has 8 heteroatoms. The Morgan fingerprint density at radius 3 is 2.77 bits per heavy atom. The second-order valence-corrected chi connectivity index (χ2v) is 6.18. The van der Waals surface area contributed by atoms with Crippen LogP contribution in [-0.4, -0.2) is 38.5 Å². The average molecular weight is 320 g/mol. The number of thiazole rings is 1. The fraction of sp³-hybridized carbons (Fsp3) is 0.357. The molecule has 0 spiro atoms. The molecule has 0 bridgehead atoms. The van der Waals surface area contributed by atoms with Crippen molar-refractivity contribution in [2.24, 2.45) is 5.41 Å². The highest BCUT2D eigenvalue weighted by atomic mass is 32.1. The van der Waals surface area contributed by atoms with Crippen molar-refractivity contribution in [1.29, 1.82) is 0 Å². The summed E-state index contributed by atoms with van der Waals surface area (Å²) in [5.41, 5.74) is 0.0255. The van der Waals surface area contributed by atoms with E-state index in [1.165, 1.54) is 11.3 Å². The standard InChI is InChI=1S/C14H16N4O3S/c1-14(2,13(20)21)3-4-17-11(19)10-8-22-12(18-10)9-7-15-5-6-16-9/h5-8H,3-4H2,1-2H3,(H,17,19)(H,20,21). The Balaban J connectivity index is 1.94. The second-order valence-electron chi connectivity index (χ2n) is 5.32. The molecule has 0 aliphatic rings. The molecule has 2 N–H and O–H groups in total. The molecule has 2 aromatic rings. The lowest BCUT2D eigenvalue weighted by Gasteiger charge is -2.18. The highest BCUT2D eigenvalue weighted by Gasteiger charge is 2.26. The van der Waals surface area contributed by atoms with E-state index >= 15 is 0 Å². The van der Waals surface area contributed by atoms with Gasteiger partial charge in [-0.05, 0) is 20.3 Å². The topological polar surface area (TPSA) is 105 Å². The van der Waals surface area contributed by atoms with Crippen LogP contribution in [0.3, 0.4) is 0 Å². The Labute approximate surface area is 131 Å². The minimum Gasteiger partial charge on any atom is -0.481 e. The number of nitrogens with one attached hydrogen (secondary N) is 1. The number of carbonyl (C=O) groups excluding carboxylic acids is 1. The maximum Gasteiger partial charge on any atom is 0.309 e. The van der Waals surface area contributed by atoms with Gasteiger partial charge in [-0.3, -0.25) is 19.6 Å². The molecule has 1 amide bonds. The molecule has 0 atom stereocenters. The summed E-state index contributed by atoms with van der Waals surface area (Å²) in [6.45, 7) is 3.52. The third kappa shape index (κ3) is 3.85. The van der Waals surface area contributed by atoms with Crippen molar-refractivity contribution in [3.8, 4) is 10.7 Å². The van der Waals surface area contributed by atoms with E-state index in [1.807, 2.05) is 0 Å². The van der Waals surface area contributed by atoms with Gasteiger partial charge < -0.3 is 10.4 Å². The van der Waals surface area contributed by atoms with Crippen LogP contribution in [0.25, 0.3) is 10.7 Å². The van der Waals surface area contributed by atoms with Gasteiger partial charge in [0.15, 0.2) is 0 Å². The Bertz CT molecular complexity index is 670. The maximum atomic E-state index is 12.0. The summed E-state index contributed by atoms with van der Waals surface area (Å²) in [6.07, 6.45) is 5.05. The average Bonchev–Trinajstić information content (AvgIpc) is 2.97. The highest BCUT2D eigenvalue weighted by molar-refractivity contribution is 7.13. The van der Waals surface area contributed by atoms with Gasteiger partial charge in [-0.2, -0.15) is 0 Å². The van der Waals surface area contributed by atoms with Crippen molar-refractivity contribution >= 4 is 23.2 Å². The van der Waals surface area contributed by atoms with Crippen LogP contribution < -0.4 is 5.32 Å². The SMILES string of the molecule is CC(C)(CCNC(=O)c1csc(-c2cnccn2)n1)C(=O)O. The molecule has 0 aliphatic heterocycles. The number of nitrogens with zero attached hydrogens (tertiary/aromatic N) is 3. The molecule has 22 heavy (non-hydrogen) atoms. The molecule has 116 valence electrons. The minimum atomic E-state index is -0.889. The van der Waals surface area contributed by atoms with Crippen molar-refractivity contribution in [3.05, 3.63) is 29.7 Å². The first-order valence-corrected chi connectivity index (χ1v) is 7.51. The van der Waals surface area contributed by atoms with E-state index in [0.29, 0.717) is 22.8 Å². The lowest BCUT2D eigenvalue weighted by molar-refractivity contribution is -0.147. The lowest BCUT2D eigenvalue weighted by Crippen LogP contribution is -2.32. The number of carboxylic acid groups (broad SMARTS) is 1. The van der Waals surface area contributed by atoms with Crippen molar-refractivity contribution in [1.82, 2.24) is 20.3 Å². The van der Waals surface area contributed by atoms with Crippen molar-refractivity contribution in [2.75, 3.05) is 6.54 Å². The molecular formula is C14H16N4O3S. The molecule has 0 radical (unpaired) electrons. The first kappa shape index (κ1) is 16.0. The minimum absolute atomic E-state index is 0.274. The molecule has 0 unspecified atom stereocenters. The predicted molar refractivity (Wildman–Crippen MR) is 81.5 cm³/mol. The Morgan fingerprint density at radius 2 is 2.14 bits per heavy atom. The summed E-state index contributed by atoms with van der Waals surface area (Å²) in [7, 11) is 0. The van der Waals surface area contributed by atoms with Crippen LogP contribution in [0.5, 0.6) is 0 Å². The summed E-state index contributed by atoms with van der Waals surface area (Å²) in [5, 5.41) is 14.0. The summed E-state index contributed by atoms with van der Waals surface area (Å²) < 4.78 is 0. The van der Waals surface area contributed by atoms with E-state index in [0.717, 1.165) is 0 Å². The van der Waals surface area contributed by atoms with E-state index in [4.69, 9.17) is 5.11 Å². The number of carbonyl (C=O) groups is 2. The monoisotopic (exact) mass is 320 g/mol. The number of rotatable bonds is 6. The van der Waals surface area contributed by atoms with Gasteiger partial charge in [0.05, 0.1) is 11.6 Å². The van der Waals surface area contributed by atoms with Crippen LogP contribution in [0.2, 0.25) is 0 Å². The second kappa shape index (κ2) is 6.61. The summed E-state index contributed by atoms with van der Waals surface area (Å²) >= 11 is 1.31. The predicted octanol–water partition coefficient (Wildman–Crippen LogP) is 1.83. The Morgan fingerprint density at radius 1 is 1.36 bits per heavy atom. The van der Waals surface area contributed by atoms with E-state index in [1.54, 1.807) is 37.8 Å². The Kier molecular flexibility index (Phi) is 4.81. The maximum absolute atomic E-state index is 12.0. The van der Waals surface area contributed by atoms with Gasteiger partial charge in [0.2, 0.25) is 0 Å². The smallest absolute Gasteiger partial charge is 0.309 e. The zero-order chi connectivity index (χ0) is 16.2. The van der Waals surface area contributed by atoms with Crippen LogP contribution in [-0.2, 0) is 4.79 Å². The summed E-state index contributed by atoms with van der Waals surface area (Å²) in [5.74, 6) is -1.21. The van der Waals surface area contributed by atoms with Gasteiger partial charge in [0.25, 0.3) is 5.91 Å². The number of aliphatic carboxylic acids is 1. The van der Waals surface area contributed by atoms with E-state index in [9.17, 15) is 9.59 Å². The Hall–Kier alpha value is -2.35. The van der Waals surface area contributed by atoms with Crippen molar-refractivity contribution in [2.45, 2.75) is 20.3 Å². The zero-order valence-corrected chi connectivity index (χ0v) is 13.1. The van der Waals surface area contributed by atoms with Gasteiger partial charge in [-0.25, -0.2) is 4.98 Å². The van der Waals surface area contributed by atoms with Crippen LogP contribution in [0, 0.1) is 5.41 Å². The van der Waals surface area contributed by atoms with E-state index in [-0.39, 0.29) is 12.5 Å². The van der Waals surface area contributed by atoms with Gasteiger partial charge in [-0.1, -0.05) is 0 Å². The molecule has 0 fully saturated rings. The molecule has 0 saturated carbocycles. The van der Waals surface area contributed by atoms with Gasteiger partial charge in [-0.15, -0.1) is 11.3 Å². The number of carboxylic acids is 1. The molecule has 7 nitrogen and oxygen atoms in total. The molecule has 2 aromatic heterocycles. The van der Waals surface area contributed by atoms with Crippen LogP contribution >= 0.6 is 11.3 Å². The molecule has 2 heterocycles. The normalized spacial score (nSPS) is 11.2. The fourth-order valence-corrected chi connectivity index (χ4v) is 2.35. The van der Waals surface area contributed by atoms with Crippen LogP contribution in [0.4, 0.5) is 0 Å². The van der Waals surface area contributed by atoms with Gasteiger partial charge in [0.1, 0.15) is 16.4 Å². The van der Waals surface area contributed by atoms with Crippen LogP contribution in [0.1, 0.15) is 30.8 Å². The molecule has 2 rings (SSSR count). The zero-order valence-electron chi connectivity index (χ0n) is 12.2. The molecule has 0 aliphatic carbocycles. The number of aromatic nitrogens is 3.